The molecule has 0 fully saturated rings. The number of nitro groups is 1. The van der Waals surface area contributed by atoms with Crippen LogP contribution in [0.1, 0.15) is 37.6 Å². The predicted molar refractivity (Wildman–Crippen MR) is 76.4 cm³/mol. The fourth-order valence-corrected chi connectivity index (χ4v) is 1.85. The molecular weight excluding hydrogens is 278 g/mol. The van der Waals surface area contributed by atoms with E-state index in [-0.39, 0.29) is 35.1 Å². The predicted octanol–water partition coefficient (Wildman–Crippen LogP) is 1.90. The topological polar surface area (TPSA) is 126 Å². The first-order chi connectivity index (χ1) is 9.66. The van der Waals surface area contributed by atoms with Gasteiger partial charge in [0.1, 0.15) is 17.6 Å². The number of rotatable bonds is 6. The molecule has 8 nitrogen and oxygen atoms in total. The van der Waals surface area contributed by atoms with Crippen molar-refractivity contribution < 1.29 is 19.9 Å². The maximum Gasteiger partial charge on any atom is 0.339 e. The molecule has 1 heterocycles. The Hall–Kier alpha value is -2.22. The molecule has 0 aliphatic carbocycles. The molecule has 0 aliphatic heterocycles. The second kappa shape index (κ2) is 6.49. The molecule has 0 saturated carbocycles. The molecule has 0 aliphatic rings. The summed E-state index contributed by atoms with van der Waals surface area (Å²) in [6, 6.07) is 0.741. The van der Waals surface area contributed by atoms with Crippen LogP contribution in [0.3, 0.4) is 0 Å². The van der Waals surface area contributed by atoms with E-state index in [0.717, 1.165) is 12.3 Å². The summed E-state index contributed by atoms with van der Waals surface area (Å²) in [7, 11) is 0. The van der Waals surface area contributed by atoms with Gasteiger partial charge in [0.25, 0.3) is 5.69 Å². The highest BCUT2D eigenvalue weighted by Gasteiger charge is 2.27. The monoisotopic (exact) mass is 297 g/mol. The lowest BCUT2D eigenvalue weighted by molar-refractivity contribution is -0.385. The number of nitrogens with zero attached hydrogens (tertiary/aromatic N) is 2. The molecule has 0 radical (unpaired) electrons. The van der Waals surface area contributed by atoms with Crippen molar-refractivity contribution in [2.45, 2.75) is 33.2 Å². The van der Waals surface area contributed by atoms with Crippen LogP contribution in [-0.2, 0) is 0 Å². The van der Waals surface area contributed by atoms with Crippen LogP contribution < -0.4 is 5.32 Å². The molecule has 0 amide bonds. The standard InChI is InChI=1S/C13H19N3O5/c1-13(2,3)10(4-5-17)15-11-9(12(18)19)6-8(7-14-11)16(20)21/h6-7,10,17H,4-5H2,1-3H3,(H,14,15)(H,18,19). The number of aromatic carboxylic acids is 1. The summed E-state index contributed by atoms with van der Waals surface area (Å²) in [5.41, 5.74) is -0.897. The molecule has 1 atom stereocenters. The van der Waals surface area contributed by atoms with Crippen LogP contribution in [0.25, 0.3) is 0 Å². The summed E-state index contributed by atoms with van der Waals surface area (Å²) in [4.78, 5) is 25.1. The van der Waals surface area contributed by atoms with E-state index in [1.165, 1.54) is 0 Å². The second-order valence-electron chi connectivity index (χ2n) is 5.73. The third-order valence-electron chi connectivity index (χ3n) is 3.09. The lowest BCUT2D eigenvalue weighted by Gasteiger charge is -2.31. The van der Waals surface area contributed by atoms with Gasteiger partial charge in [-0.2, -0.15) is 0 Å². The van der Waals surface area contributed by atoms with Gasteiger partial charge in [-0.05, 0) is 11.8 Å². The molecule has 1 aromatic rings. The van der Waals surface area contributed by atoms with Crippen molar-refractivity contribution in [3.8, 4) is 0 Å². The van der Waals surface area contributed by atoms with E-state index < -0.39 is 10.9 Å². The van der Waals surface area contributed by atoms with Crippen molar-refractivity contribution in [3.63, 3.8) is 0 Å². The van der Waals surface area contributed by atoms with Gasteiger partial charge in [-0.3, -0.25) is 10.1 Å². The quantitative estimate of drug-likeness (QED) is 0.540. The highest BCUT2D eigenvalue weighted by atomic mass is 16.6. The van der Waals surface area contributed by atoms with Crippen molar-refractivity contribution >= 4 is 17.5 Å². The smallest absolute Gasteiger partial charge is 0.339 e. The van der Waals surface area contributed by atoms with Crippen LogP contribution in [0.15, 0.2) is 12.3 Å². The highest BCUT2D eigenvalue weighted by molar-refractivity contribution is 5.93. The average Bonchev–Trinajstić information content (AvgIpc) is 2.36. The van der Waals surface area contributed by atoms with Gasteiger partial charge < -0.3 is 15.5 Å². The normalized spacial score (nSPS) is 12.8. The Morgan fingerprint density at radius 1 is 1.52 bits per heavy atom. The minimum absolute atomic E-state index is 0.0569. The fraction of sp³-hybridized carbons (Fsp3) is 0.538. The van der Waals surface area contributed by atoms with Gasteiger partial charge in [0, 0.05) is 18.7 Å². The number of pyridine rings is 1. The number of carboxylic acid groups (broad SMARTS) is 1. The van der Waals surface area contributed by atoms with E-state index in [2.05, 4.69) is 10.3 Å². The molecule has 0 aromatic carbocycles. The largest absolute Gasteiger partial charge is 0.478 e. The zero-order valence-corrected chi connectivity index (χ0v) is 12.2. The van der Waals surface area contributed by atoms with Gasteiger partial charge in [0.05, 0.1) is 4.92 Å². The van der Waals surface area contributed by atoms with Crippen molar-refractivity contribution in [1.82, 2.24) is 4.98 Å². The van der Waals surface area contributed by atoms with Gasteiger partial charge >= 0.3 is 5.97 Å². The Labute approximate surface area is 122 Å². The van der Waals surface area contributed by atoms with Crippen LogP contribution in [-0.4, -0.2) is 38.7 Å². The van der Waals surface area contributed by atoms with E-state index >= 15 is 0 Å². The van der Waals surface area contributed by atoms with Gasteiger partial charge in [-0.1, -0.05) is 20.8 Å². The van der Waals surface area contributed by atoms with E-state index in [1.54, 1.807) is 0 Å². The molecule has 1 aromatic heterocycles. The average molecular weight is 297 g/mol. The van der Waals surface area contributed by atoms with Gasteiger partial charge in [0.2, 0.25) is 0 Å². The number of aliphatic hydroxyl groups is 1. The van der Waals surface area contributed by atoms with Crippen LogP contribution in [0, 0.1) is 15.5 Å². The van der Waals surface area contributed by atoms with E-state index in [4.69, 9.17) is 10.2 Å². The molecule has 116 valence electrons. The number of hydrogen-bond donors (Lipinski definition) is 3. The fourth-order valence-electron chi connectivity index (χ4n) is 1.85. The van der Waals surface area contributed by atoms with Crippen molar-refractivity contribution in [1.29, 1.82) is 0 Å². The zero-order valence-electron chi connectivity index (χ0n) is 12.2. The molecule has 0 spiro atoms. The van der Waals surface area contributed by atoms with Crippen molar-refractivity contribution in [3.05, 3.63) is 27.9 Å². The molecule has 1 rings (SSSR count). The summed E-state index contributed by atoms with van der Waals surface area (Å²) in [6.45, 7) is 5.74. The van der Waals surface area contributed by atoms with Crippen LogP contribution in [0.2, 0.25) is 0 Å². The number of hydrogen-bond acceptors (Lipinski definition) is 6. The minimum Gasteiger partial charge on any atom is -0.478 e. The third-order valence-corrected chi connectivity index (χ3v) is 3.09. The van der Waals surface area contributed by atoms with E-state index in [1.807, 2.05) is 20.8 Å². The molecule has 3 N–H and O–H groups in total. The Bertz CT molecular complexity index is 539. The summed E-state index contributed by atoms with van der Waals surface area (Å²) < 4.78 is 0. The maximum atomic E-state index is 11.2. The lowest BCUT2D eigenvalue weighted by atomic mass is 9.85. The Balaban J connectivity index is 3.17. The number of nitrogens with one attached hydrogen (secondary N) is 1. The molecule has 0 saturated heterocycles. The van der Waals surface area contributed by atoms with Crippen LogP contribution in [0.4, 0.5) is 11.5 Å². The number of anilines is 1. The Morgan fingerprint density at radius 3 is 2.57 bits per heavy atom. The molecular formula is C13H19N3O5. The van der Waals surface area contributed by atoms with Crippen LogP contribution in [0.5, 0.6) is 0 Å². The summed E-state index contributed by atoms with van der Waals surface area (Å²) in [5, 5.41) is 31.9. The first-order valence-electron chi connectivity index (χ1n) is 6.42. The van der Waals surface area contributed by atoms with E-state index in [0.29, 0.717) is 6.42 Å². The SMILES string of the molecule is CC(C)(C)C(CCO)Nc1ncc([N+](=O)[O-])cc1C(=O)O. The van der Waals surface area contributed by atoms with Crippen LogP contribution >= 0.6 is 0 Å². The third kappa shape index (κ3) is 4.38. The number of carboxylic acids is 1. The first kappa shape index (κ1) is 16.8. The number of carbonyl (C=O) groups is 1. The van der Waals surface area contributed by atoms with E-state index in [9.17, 15) is 14.9 Å². The molecule has 21 heavy (non-hydrogen) atoms. The Morgan fingerprint density at radius 2 is 2.14 bits per heavy atom. The van der Waals surface area contributed by atoms with Crippen molar-refractivity contribution in [2.75, 3.05) is 11.9 Å². The molecule has 8 heteroatoms. The van der Waals surface area contributed by atoms with Gasteiger partial charge in [-0.25, -0.2) is 9.78 Å². The maximum absolute atomic E-state index is 11.2. The summed E-state index contributed by atoms with van der Waals surface area (Å²) in [5.74, 6) is -1.24. The lowest BCUT2D eigenvalue weighted by Crippen LogP contribution is -2.35. The molecule has 0 bridgehead atoms. The summed E-state index contributed by atoms with van der Waals surface area (Å²) >= 11 is 0. The number of aliphatic hydroxyl groups excluding tert-OH is 1. The number of aromatic nitrogens is 1. The summed E-state index contributed by atoms with van der Waals surface area (Å²) in [6.07, 6.45) is 1.41. The van der Waals surface area contributed by atoms with Gasteiger partial charge in [-0.15, -0.1) is 0 Å². The first-order valence-corrected chi connectivity index (χ1v) is 6.42. The Kier molecular flexibility index (Phi) is 5.20. The molecule has 1 unspecified atom stereocenters. The highest BCUT2D eigenvalue weighted by Crippen LogP contribution is 2.27. The second-order valence-corrected chi connectivity index (χ2v) is 5.73. The minimum atomic E-state index is -1.30. The van der Waals surface area contributed by atoms with Crippen molar-refractivity contribution in [2.24, 2.45) is 5.41 Å². The van der Waals surface area contributed by atoms with Gasteiger partial charge in [0.15, 0.2) is 0 Å². The zero-order chi connectivity index (χ0) is 16.2.